The molecule has 16 heavy (non-hydrogen) atoms. The molecule has 2 rings (SSSR count). The molecule has 0 amide bonds. The molecule has 0 heterocycles. The van der Waals surface area contributed by atoms with Crippen LogP contribution < -0.4 is 0 Å². The van der Waals surface area contributed by atoms with Crippen LogP contribution in [0.15, 0.2) is 24.3 Å². The summed E-state index contributed by atoms with van der Waals surface area (Å²) < 4.78 is 13.7. The predicted octanol–water partition coefficient (Wildman–Crippen LogP) is 3.69. The molecule has 1 aromatic carbocycles. The summed E-state index contributed by atoms with van der Waals surface area (Å²) in [6.45, 7) is 0. The van der Waals surface area contributed by atoms with Crippen LogP contribution in [0, 0.1) is 11.7 Å². The lowest BCUT2D eigenvalue weighted by Gasteiger charge is -2.22. The number of hydrogen-bond donors (Lipinski definition) is 0. The topological polar surface area (TPSA) is 17.1 Å². The first kappa shape index (κ1) is 11.3. The minimum absolute atomic E-state index is 0.0844. The molecule has 1 aliphatic rings. The number of aldehydes is 1. The van der Waals surface area contributed by atoms with Crippen molar-refractivity contribution in [3.8, 4) is 0 Å². The maximum Gasteiger partial charge on any atom is 0.126 e. The van der Waals surface area contributed by atoms with Gasteiger partial charge in [0, 0.05) is 6.42 Å². The van der Waals surface area contributed by atoms with Crippen LogP contribution in [0.3, 0.4) is 0 Å². The highest BCUT2D eigenvalue weighted by molar-refractivity contribution is 5.52. The van der Waals surface area contributed by atoms with Crippen LogP contribution in [-0.4, -0.2) is 6.29 Å². The van der Waals surface area contributed by atoms with Gasteiger partial charge in [-0.3, -0.25) is 0 Å². The summed E-state index contributed by atoms with van der Waals surface area (Å²) in [5.41, 5.74) is 0.724. The molecular formula is C14H17FO. The number of halogens is 1. The van der Waals surface area contributed by atoms with E-state index >= 15 is 0 Å². The van der Waals surface area contributed by atoms with Gasteiger partial charge in [-0.05, 0) is 36.3 Å². The Hall–Kier alpha value is -1.18. The first-order chi connectivity index (χ1) is 7.83. The number of hydrogen-bond acceptors (Lipinski definition) is 1. The van der Waals surface area contributed by atoms with E-state index in [1.165, 1.54) is 18.9 Å². The largest absolute Gasteiger partial charge is 0.303 e. The second kappa shape index (κ2) is 5.24. The number of rotatable bonds is 4. The first-order valence-electron chi connectivity index (χ1n) is 6.01. The van der Waals surface area contributed by atoms with Crippen LogP contribution >= 0.6 is 0 Å². The van der Waals surface area contributed by atoms with Gasteiger partial charge in [-0.15, -0.1) is 0 Å². The molecule has 1 fully saturated rings. The highest BCUT2D eigenvalue weighted by Crippen LogP contribution is 2.39. The molecule has 1 nitrogen and oxygen atoms in total. The lowest BCUT2D eigenvalue weighted by atomic mass is 9.82. The molecule has 86 valence electrons. The molecule has 0 aliphatic heterocycles. The zero-order valence-electron chi connectivity index (χ0n) is 9.36. The van der Waals surface area contributed by atoms with Crippen LogP contribution in [0.4, 0.5) is 4.39 Å². The summed E-state index contributed by atoms with van der Waals surface area (Å²) in [5.74, 6) is 0.407. The molecule has 0 bridgehead atoms. The summed E-state index contributed by atoms with van der Waals surface area (Å²) in [4.78, 5) is 10.7. The Kier molecular flexibility index (Phi) is 3.70. The molecule has 1 saturated carbocycles. The molecule has 0 N–H and O–H groups in total. The van der Waals surface area contributed by atoms with E-state index in [9.17, 15) is 9.18 Å². The maximum atomic E-state index is 13.7. The minimum Gasteiger partial charge on any atom is -0.303 e. The number of carbonyl (C=O) groups is 1. The average Bonchev–Trinajstić information content (AvgIpc) is 2.80. The molecule has 0 saturated heterocycles. The van der Waals surface area contributed by atoms with Crippen LogP contribution in [0.5, 0.6) is 0 Å². The number of benzene rings is 1. The number of carbonyl (C=O) groups excluding carboxylic acids is 1. The zero-order valence-corrected chi connectivity index (χ0v) is 9.36. The summed E-state index contributed by atoms with van der Waals surface area (Å²) in [5, 5.41) is 0. The fourth-order valence-corrected chi connectivity index (χ4v) is 2.81. The average molecular weight is 220 g/mol. The molecule has 0 spiro atoms. The highest BCUT2D eigenvalue weighted by atomic mass is 19.1. The van der Waals surface area contributed by atoms with Crippen molar-refractivity contribution < 1.29 is 9.18 Å². The third-order valence-electron chi connectivity index (χ3n) is 3.62. The van der Waals surface area contributed by atoms with Crippen LogP contribution in [-0.2, 0) is 4.79 Å². The van der Waals surface area contributed by atoms with Gasteiger partial charge in [0.25, 0.3) is 0 Å². The van der Waals surface area contributed by atoms with Gasteiger partial charge in [0.05, 0.1) is 0 Å². The van der Waals surface area contributed by atoms with Crippen LogP contribution in [0.2, 0.25) is 0 Å². The van der Waals surface area contributed by atoms with E-state index in [0.717, 1.165) is 24.7 Å². The minimum atomic E-state index is -0.166. The van der Waals surface area contributed by atoms with Crippen molar-refractivity contribution in [3.05, 3.63) is 35.6 Å². The summed E-state index contributed by atoms with van der Waals surface area (Å²) in [6.07, 6.45) is 6.07. The Labute approximate surface area is 95.7 Å². The van der Waals surface area contributed by atoms with Crippen LogP contribution in [0.1, 0.15) is 43.6 Å². The summed E-state index contributed by atoms with van der Waals surface area (Å²) >= 11 is 0. The summed E-state index contributed by atoms with van der Waals surface area (Å²) in [6, 6.07) is 6.86. The quantitative estimate of drug-likeness (QED) is 0.707. The second-order valence-corrected chi connectivity index (χ2v) is 4.57. The Balaban J connectivity index is 2.24. The Morgan fingerprint density at radius 1 is 1.31 bits per heavy atom. The standard InChI is InChI=1S/C14H17FO/c15-14-8-4-3-7-13(14)12(9-10-16)11-5-1-2-6-11/h3-4,7-8,10-12H,1-2,5-6,9H2. The fraction of sp³-hybridized carbons (Fsp3) is 0.500. The molecule has 1 unspecified atom stereocenters. The van der Waals surface area contributed by atoms with Gasteiger partial charge in [-0.1, -0.05) is 31.0 Å². The second-order valence-electron chi connectivity index (χ2n) is 4.57. The van der Waals surface area contributed by atoms with Crippen molar-refractivity contribution in [2.45, 2.75) is 38.0 Å². The third kappa shape index (κ3) is 2.31. The Morgan fingerprint density at radius 2 is 2.00 bits per heavy atom. The fourth-order valence-electron chi connectivity index (χ4n) is 2.81. The van der Waals surface area contributed by atoms with E-state index < -0.39 is 0 Å². The van der Waals surface area contributed by atoms with Crippen molar-refractivity contribution in [2.75, 3.05) is 0 Å². The molecule has 1 aromatic rings. The lowest BCUT2D eigenvalue weighted by molar-refractivity contribution is -0.108. The van der Waals surface area contributed by atoms with Gasteiger partial charge in [0.2, 0.25) is 0 Å². The highest BCUT2D eigenvalue weighted by Gasteiger charge is 2.27. The van der Waals surface area contributed by atoms with Crippen molar-refractivity contribution in [2.24, 2.45) is 5.92 Å². The molecular weight excluding hydrogens is 203 g/mol. The van der Waals surface area contributed by atoms with Gasteiger partial charge in [0.1, 0.15) is 12.1 Å². The molecule has 1 atom stereocenters. The summed E-state index contributed by atoms with van der Waals surface area (Å²) in [7, 11) is 0. The zero-order chi connectivity index (χ0) is 11.4. The van der Waals surface area contributed by atoms with E-state index in [-0.39, 0.29) is 11.7 Å². The lowest BCUT2D eigenvalue weighted by Crippen LogP contribution is -2.12. The van der Waals surface area contributed by atoms with E-state index in [4.69, 9.17) is 0 Å². The molecule has 0 aromatic heterocycles. The van der Waals surface area contributed by atoms with Crippen molar-refractivity contribution in [1.29, 1.82) is 0 Å². The predicted molar refractivity (Wildman–Crippen MR) is 61.8 cm³/mol. The van der Waals surface area contributed by atoms with Crippen LogP contribution in [0.25, 0.3) is 0 Å². The molecule has 2 heteroatoms. The van der Waals surface area contributed by atoms with Crippen molar-refractivity contribution in [1.82, 2.24) is 0 Å². The maximum absolute atomic E-state index is 13.7. The van der Waals surface area contributed by atoms with E-state index in [1.54, 1.807) is 6.07 Å². The molecule has 1 aliphatic carbocycles. The van der Waals surface area contributed by atoms with Gasteiger partial charge in [0.15, 0.2) is 0 Å². The van der Waals surface area contributed by atoms with Gasteiger partial charge in [-0.2, -0.15) is 0 Å². The van der Waals surface area contributed by atoms with E-state index in [1.807, 2.05) is 12.1 Å². The normalized spacial score (nSPS) is 18.6. The van der Waals surface area contributed by atoms with Gasteiger partial charge < -0.3 is 4.79 Å². The monoisotopic (exact) mass is 220 g/mol. The van der Waals surface area contributed by atoms with Gasteiger partial charge in [-0.25, -0.2) is 4.39 Å². The van der Waals surface area contributed by atoms with Gasteiger partial charge >= 0.3 is 0 Å². The van der Waals surface area contributed by atoms with Crippen molar-refractivity contribution >= 4 is 6.29 Å². The SMILES string of the molecule is O=CCC(c1ccccc1F)C1CCCC1. The molecule has 0 radical (unpaired) electrons. The third-order valence-corrected chi connectivity index (χ3v) is 3.62. The van der Waals surface area contributed by atoms with Crippen molar-refractivity contribution in [3.63, 3.8) is 0 Å². The van der Waals surface area contributed by atoms with E-state index in [0.29, 0.717) is 12.3 Å². The Bertz CT molecular complexity index is 356. The Morgan fingerprint density at radius 3 is 2.62 bits per heavy atom. The first-order valence-corrected chi connectivity index (χ1v) is 6.01. The van der Waals surface area contributed by atoms with E-state index in [2.05, 4.69) is 0 Å². The smallest absolute Gasteiger partial charge is 0.126 e.